The van der Waals surface area contributed by atoms with Gasteiger partial charge in [0.2, 0.25) is 5.91 Å². The fourth-order valence-corrected chi connectivity index (χ4v) is 4.12. The lowest BCUT2D eigenvalue weighted by Crippen LogP contribution is -2.36. The van der Waals surface area contributed by atoms with Gasteiger partial charge in [0.1, 0.15) is 0 Å². The molecule has 0 aliphatic rings. The number of carbonyl (C=O) groups is 1. The summed E-state index contributed by atoms with van der Waals surface area (Å²) in [5.41, 5.74) is 1.80. The van der Waals surface area contributed by atoms with Crippen LogP contribution >= 0.6 is 0 Å². The molecule has 0 heterocycles. The monoisotopic (exact) mass is 412 g/mol. The van der Waals surface area contributed by atoms with E-state index in [0.717, 1.165) is 16.8 Å². The van der Waals surface area contributed by atoms with Crippen LogP contribution in [0.4, 0.5) is 0 Å². The number of amides is 1. The SMILES string of the molecule is C[C@@H](NC(=O)C(C)(C)C)c1ccccc1S(=O)/N=C(/c1ccccc1)C(C)(C)C. The van der Waals surface area contributed by atoms with Crippen molar-refractivity contribution in [2.24, 2.45) is 15.2 Å². The highest BCUT2D eigenvalue weighted by Crippen LogP contribution is 2.27. The molecule has 0 aliphatic heterocycles. The van der Waals surface area contributed by atoms with Gasteiger partial charge < -0.3 is 5.32 Å². The van der Waals surface area contributed by atoms with Crippen molar-refractivity contribution in [3.63, 3.8) is 0 Å². The van der Waals surface area contributed by atoms with E-state index >= 15 is 0 Å². The molecule has 2 atom stereocenters. The van der Waals surface area contributed by atoms with Crippen molar-refractivity contribution in [2.45, 2.75) is 59.4 Å². The Morgan fingerprint density at radius 1 is 0.897 bits per heavy atom. The molecule has 4 nitrogen and oxygen atoms in total. The molecule has 2 rings (SSSR count). The first-order chi connectivity index (χ1) is 13.4. The third-order valence-electron chi connectivity index (χ3n) is 4.53. The minimum absolute atomic E-state index is 0.0475. The number of rotatable bonds is 5. The normalized spacial score (nSPS) is 14.9. The molecule has 0 radical (unpaired) electrons. The molecular weight excluding hydrogens is 380 g/mol. The Balaban J connectivity index is 2.43. The van der Waals surface area contributed by atoms with E-state index in [9.17, 15) is 9.00 Å². The number of hydrogen-bond donors (Lipinski definition) is 1. The molecule has 0 aromatic heterocycles. The van der Waals surface area contributed by atoms with E-state index in [1.165, 1.54) is 0 Å². The zero-order valence-electron chi connectivity index (χ0n) is 18.4. The van der Waals surface area contributed by atoms with Gasteiger partial charge in [-0.05, 0) is 24.1 Å². The predicted octanol–water partition coefficient (Wildman–Crippen LogP) is 5.47. The van der Waals surface area contributed by atoms with Gasteiger partial charge in [-0.3, -0.25) is 4.79 Å². The molecule has 2 aromatic carbocycles. The summed E-state index contributed by atoms with van der Waals surface area (Å²) in [5, 5.41) is 3.02. The average molecular weight is 413 g/mol. The fourth-order valence-electron chi connectivity index (χ4n) is 2.84. The van der Waals surface area contributed by atoms with Gasteiger partial charge in [0.15, 0.2) is 11.0 Å². The van der Waals surface area contributed by atoms with E-state index < -0.39 is 16.4 Å². The topological polar surface area (TPSA) is 58.5 Å². The first-order valence-corrected chi connectivity index (χ1v) is 11.0. The Kier molecular flexibility index (Phi) is 7.17. The van der Waals surface area contributed by atoms with Gasteiger partial charge in [-0.1, -0.05) is 90.1 Å². The Morgan fingerprint density at radius 3 is 2.00 bits per heavy atom. The standard InChI is InChI=1S/C24H32N2O2S/c1-17(25-22(27)24(5,6)7)19-15-11-12-16-20(19)29(28)26-21(23(2,3)4)18-13-9-8-10-14-18/h8-17H,1-7H3,(H,25,27)/b26-21-/t17-,29?/m1/s1. The van der Waals surface area contributed by atoms with Crippen molar-refractivity contribution in [1.29, 1.82) is 0 Å². The third-order valence-corrected chi connectivity index (χ3v) is 5.63. The average Bonchev–Trinajstić information content (AvgIpc) is 2.64. The summed E-state index contributed by atoms with van der Waals surface area (Å²) in [7, 11) is -1.59. The Labute approximate surface area is 177 Å². The van der Waals surface area contributed by atoms with Crippen LogP contribution in [0.1, 0.15) is 65.6 Å². The number of nitrogens with one attached hydrogen (secondary N) is 1. The third kappa shape index (κ3) is 6.10. The minimum atomic E-state index is -1.59. The summed E-state index contributed by atoms with van der Waals surface area (Å²) >= 11 is 0. The van der Waals surface area contributed by atoms with Gasteiger partial charge >= 0.3 is 0 Å². The molecule has 5 heteroatoms. The molecule has 156 valence electrons. The van der Waals surface area contributed by atoms with Gasteiger partial charge in [0, 0.05) is 10.8 Å². The molecule has 0 saturated heterocycles. The fraction of sp³-hybridized carbons (Fsp3) is 0.417. The van der Waals surface area contributed by atoms with Crippen molar-refractivity contribution in [3.8, 4) is 0 Å². The van der Waals surface area contributed by atoms with Gasteiger partial charge in [0.05, 0.1) is 16.6 Å². The van der Waals surface area contributed by atoms with Gasteiger partial charge in [-0.15, -0.1) is 0 Å². The number of benzene rings is 2. The summed E-state index contributed by atoms with van der Waals surface area (Å²) in [6.07, 6.45) is 0. The van der Waals surface area contributed by atoms with E-state index in [0.29, 0.717) is 4.90 Å². The summed E-state index contributed by atoms with van der Waals surface area (Å²) in [5.74, 6) is -0.0475. The molecule has 0 saturated carbocycles. The second-order valence-corrected chi connectivity index (χ2v) is 10.4. The molecule has 29 heavy (non-hydrogen) atoms. The maximum Gasteiger partial charge on any atom is 0.225 e. The molecule has 0 fully saturated rings. The highest BCUT2D eigenvalue weighted by molar-refractivity contribution is 7.84. The minimum Gasteiger partial charge on any atom is -0.349 e. The summed E-state index contributed by atoms with van der Waals surface area (Å²) in [6.45, 7) is 13.7. The lowest BCUT2D eigenvalue weighted by atomic mass is 9.86. The van der Waals surface area contributed by atoms with E-state index in [2.05, 4.69) is 30.5 Å². The van der Waals surface area contributed by atoms with Crippen LogP contribution in [0, 0.1) is 10.8 Å². The first-order valence-electron chi connectivity index (χ1n) is 9.87. The number of nitrogens with zero attached hydrogens (tertiary/aromatic N) is 1. The lowest BCUT2D eigenvalue weighted by Gasteiger charge is -2.24. The van der Waals surface area contributed by atoms with Crippen LogP contribution < -0.4 is 5.32 Å². The first kappa shape index (κ1) is 23.0. The molecule has 0 spiro atoms. The van der Waals surface area contributed by atoms with Crippen LogP contribution in [0.2, 0.25) is 0 Å². The van der Waals surface area contributed by atoms with E-state index in [1.54, 1.807) is 0 Å². The summed E-state index contributed by atoms with van der Waals surface area (Å²) < 4.78 is 17.9. The van der Waals surface area contributed by atoms with Crippen LogP contribution in [0.3, 0.4) is 0 Å². The van der Waals surface area contributed by atoms with Crippen molar-refractivity contribution in [1.82, 2.24) is 5.32 Å². The Bertz CT molecular complexity index is 906. The molecule has 0 bridgehead atoms. The highest BCUT2D eigenvalue weighted by Gasteiger charge is 2.26. The van der Waals surface area contributed by atoms with Crippen LogP contribution in [-0.2, 0) is 15.8 Å². The summed E-state index contributed by atoms with van der Waals surface area (Å²) in [4.78, 5) is 13.0. The maximum atomic E-state index is 13.3. The number of hydrogen-bond acceptors (Lipinski definition) is 2. The van der Waals surface area contributed by atoms with Crippen molar-refractivity contribution in [3.05, 3.63) is 65.7 Å². The van der Waals surface area contributed by atoms with Crippen LogP contribution in [0.15, 0.2) is 63.9 Å². The lowest BCUT2D eigenvalue weighted by molar-refractivity contribution is -0.129. The molecule has 0 aliphatic carbocycles. The Hall–Kier alpha value is -2.27. The summed E-state index contributed by atoms with van der Waals surface area (Å²) in [6, 6.07) is 17.0. The molecule has 1 amide bonds. The highest BCUT2D eigenvalue weighted by atomic mass is 32.2. The zero-order valence-corrected chi connectivity index (χ0v) is 19.3. The van der Waals surface area contributed by atoms with E-state index in [-0.39, 0.29) is 17.4 Å². The molecule has 1 N–H and O–H groups in total. The van der Waals surface area contributed by atoms with Gasteiger partial charge in [0.25, 0.3) is 0 Å². The van der Waals surface area contributed by atoms with Crippen LogP contribution in [-0.4, -0.2) is 15.8 Å². The molecular formula is C24H32N2O2S. The zero-order chi connectivity index (χ0) is 21.8. The second-order valence-electron chi connectivity index (χ2n) is 9.29. The van der Waals surface area contributed by atoms with Crippen LogP contribution in [0.25, 0.3) is 0 Å². The molecule has 1 unspecified atom stereocenters. The largest absolute Gasteiger partial charge is 0.349 e. The van der Waals surface area contributed by atoms with E-state index in [4.69, 9.17) is 0 Å². The maximum absolute atomic E-state index is 13.3. The predicted molar refractivity (Wildman–Crippen MR) is 121 cm³/mol. The smallest absolute Gasteiger partial charge is 0.225 e. The van der Waals surface area contributed by atoms with Gasteiger partial charge in [-0.25, -0.2) is 4.21 Å². The van der Waals surface area contributed by atoms with Crippen molar-refractivity contribution in [2.75, 3.05) is 0 Å². The van der Waals surface area contributed by atoms with Crippen molar-refractivity contribution >= 4 is 22.6 Å². The Morgan fingerprint density at radius 2 is 1.45 bits per heavy atom. The van der Waals surface area contributed by atoms with Crippen LogP contribution in [0.5, 0.6) is 0 Å². The van der Waals surface area contributed by atoms with Crippen molar-refractivity contribution < 1.29 is 9.00 Å². The molecule has 2 aromatic rings. The number of carbonyl (C=O) groups excluding carboxylic acids is 1. The quantitative estimate of drug-likeness (QED) is 0.662. The second kappa shape index (κ2) is 9.04. The van der Waals surface area contributed by atoms with Gasteiger partial charge in [-0.2, -0.15) is 4.40 Å². The van der Waals surface area contributed by atoms with E-state index in [1.807, 2.05) is 82.3 Å².